The number of hydrogen-bond acceptors (Lipinski definition) is 4. The zero-order valence-corrected chi connectivity index (χ0v) is 21.8. The Kier molecular flexibility index (Phi) is 12.1. The number of ether oxygens (including phenoxy) is 1. The van der Waals surface area contributed by atoms with Gasteiger partial charge < -0.3 is 15.4 Å². The number of aliphatic imine (C=N–C) groups is 1. The van der Waals surface area contributed by atoms with Crippen LogP contribution >= 0.6 is 24.0 Å². The summed E-state index contributed by atoms with van der Waals surface area (Å²) in [5.41, 5.74) is 1.78. The second kappa shape index (κ2) is 14.3. The minimum absolute atomic E-state index is 0. The third-order valence-corrected chi connectivity index (χ3v) is 6.60. The van der Waals surface area contributed by atoms with Crippen molar-refractivity contribution in [3.05, 3.63) is 35.9 Å². The van der Waals surface area contributed by atoms with Crippen LogP contribution in [0.3, 0.4) is 0 Å². The molecule has 2 aliphatic rings. The average molecular weight is 544 g/mol. The van der Waals surface area contributed by atoms with Gasteiger partial charge in [0, 0.05) is 72.6 Å². The molecule has 0 spiro atoms. The van der Waals surface area contributed by atoms with Crippen molar-refractivity contribution in [3.63, 3.8) is 0 Å². The summed E-state index contributed by atoms with van der Waals surface area (Å²) in [5.74, 6) is 0.962. The van der Waals surface area contributed by atoms with Crippen LogP contribution in [0.4, 0.5) is 0 Å². The molecule has 31 heavy (non-hydrogen) atoms. The van der Waals surface area contributed by atoms with Crippen LogP contribution in [0.5, 0.6) is 0 Å². The number of halogens is 1. The summed E-state index contributed by atoms with van der Waals surface area (Å²) >= 11 is 0. The summed E-state index contributed by atoms with van der Waals surface area (Å²) in [5, 5.41) is 6.96. The lowest BCUT2D eigenvalue weighted by Crippen LogP contribution is -2.49. The maximum Gasteiger partial charge on any atom is 0.191 e. The molecular weight excluding hydrogens is 501 g/mol. The first-order valence-corrected chi connectivity index (χ1v) is 11.7. The van der Waals surface area contributed by atoms with Crippen LogP contribution in [-0.2, 0) is 11.3 Å². The van der Waals surface area contributed by atoms with E-state index in [-0.39, 0.29) is 24.0 Å². The molecule has 6 nitrogen and oxygen atoms in total. The topological polar surface area (TPSA) is 52.1 Å². The molecule has 3 rings (SSSR count). The van der Waals surface area contributed by atoms with Crippen molar-refractivity contribution in [3.8, 4) is 0 Å². The first kappa shape index (κ1) is 26.4. The minimum Gasteiger partial charge on any atom is -0.385 e. The lowest BCUT2D eigenvalue weighted by Gasteiger charge is -2.40. The Bertz CT molecular complexity index is 630. The van der Waals surface area contributed by atoms with Gasteiger partial charge in [0.25, 0.3) is 0 Å². The maximum absolute atomic E-state index is 5.31. The van der Waals surface area contributed by atoms with Gasteiger partial charge >= 0.3 is 0 Å². The fourth-order valence-electron chi connectivity index (χ4n) is 4.42. The minimum atomic E-state index is 0. The van der Waals surface area contributed by atoms with Crippen molar-refractivity contribution in [2.45, 2.75) is 39.2 Å². The van der Waals surface area contributed by atoms with E-state index in [1.807, 2.05) is 0 Å². The van der Waals surface area contributed by atoms with Crippen molar-refractivity contribution in [2.24, 2.45) is 10.4 Å². The lowest BCUT2D eigenvalue weighted by atomic mass is 9.67. The highest BCUT2D eigenvalue weighted by molar-refractivity contribution is 14.0. The Morgan fingerprint density at radius 1 is 1.06 bits per heavy atom. The second-order valence-corrected chi connectivity index (χ2v) is 8.82. The van der Waals surface area contributed by atoms with Crippen LogP contribution < -0.4 is 10.6 Å². The molecule has 0 atom stereocenters. The summed E-state index contributed by atoms with van der Waals surface area (Å²) in [7, 11) is 1.79. The largest absolute Gasteiger partial charge is 0.385 e. The Hall–Kier alpha value is -0.900. The van der Waals surface area contributed by atoms with E-state index in [0.717, 1.165) is 77.9 Å². The molecular formula is C24H42IN5O. The average Bonchev–Trinajstić information content (AvgIpc) is 2.74. The lowest BCUT2D eigenvalue weighted by molar-refractivity contribution is 0.0778. The first-order chi connectivity index (χ1) is 14.7. The molecule has 1 saturated heterocycles. The molecule has 0 bridgehead atoms. The van der Waals surface area contributed by atoms with Crippen LogP contribution in [0.1, 0.15) is 38.2 Å². The van der Waals surface area contributed by atoms with E-state index in [1.54, 1.807) is 7.11 Å². The molecule has 2 N–H and O–H groups in total. The molecule has 0 unspecified atom stereocenters. The fourth-order valence-corrected chi connectivity index (χ4v) is 4.42. The normalized spacial score (nSPS) is 19.4. The smallest absolute Gasteiger partial charge is 0.191 e. The Labute approximate surface area is 206 Å². The van der Waals surface area contributed by atoms with Gasteiger partial charge in [-0.05, 0) is 37.2 Å². The SMILES string of the molecule is CCNC(=NCC1(CCOC)CCC1)NCCN1CCN(Cc2ccccc2)CC1.I. The maximum atomic E-state index is 5.31. The number of methoxy groups -OCH3 is 1. The van der Waals surface area contributed by atoms with Gasteiger partial charge in [-0.15, -0.1) is 24.0 Å². The third-order valence-electron chi connectivity index (χ3n) is 6.60. The standard InChI is InChI=1S/C24H41N5O.HI/c1-3-25-23(27-21-24(10-7-11-24)12-19-30-2)26-13-14-28-15-17-29(18-16-28)20-22-8-5-4-6-9-22;/h4-6,8-9H,3,7,10-21H2,1-2H3,(H2,25,26,27);1H. The van der Waals surface area contributed by atoms with Crippen LogP contribution in [-0.4, -0.2) is 81.8 Å². The molecule has 2 fully saturated rings. The fraction of sp³-hybridized carbons (Fsp3) is 0.708. The van der Waals surface area contributed by atoms with E-state index in [0.29, 0.717) is 5.41 Å². The van der Waals surface area contributed by atoms with E-state index in [4.69, 9.17) is 9.73 Å². The number of hydrogen-bond donors (Lipinski definition) is 2. The van der Waals surface area contributed by atoms with E-state index in [1.165, 1.54) is 24.8 Å². The van der Waals surface area contributed by atoms with E-state index in [2.05, 4.69) is 57.7 Å². The molecule has 1 heterocycles. The number of guanidine groups is 1. The highest BCUT2D eigenvalue weighted by Gasteiger charge is 2.36. The van der Waals surface area contributed by atoms with E-state index in [9.17, 15) is 0 Å². The van der Waals surface area contributed by atoms with Crippen molar-refractivity contribution >= 4 is 29.9 Å². The van der Waals surface area contributed by atoms with Crippen LogP contribution in [0.25, 0.3) is 0 Å². The van der Waals surface area contributed by atoms with Gasteiger partial charge in [0.1, 0.15) is 0 Å². The zero-order chi connectivity index (χ0) is 21.1. The number of rotatable bonds is 11. The number of benzene rings is 1. The summed E-state index contributed by atoms with van der Waals surface area (Å²) in [6.07, 6.45) is 5.03. The summed E-state index contributed by atoms with van der Waals surface area (Å²) in [6, 6.07) is 10.8. The monoisotopic (exact) mass is 543 g/mol. The zero-order valence-electron chi connectivity index (χ0n) is 19.4. The van der Waals surface area contributed by atoms with E-state index >= 15 is 0 Å². The van der Waals surface area contributed by atoms with Gasteiger partial charge in [-0.25, -0.2) is 0 Å². The molecule has 1 aromatic rings. The number of nitrogens with one attached hydrogen (secondary N) is 2. The predicted octanol–water partition coefficient (Wildman–Crippen LogP) is 3.18. The third kappa shape index (κ3) is 8.86. The molecule has 0 aromatic heterocycles. The van der Waals surface area contributed by atoms with Crippen LogP contribution in [0.2, 0.25) is 0 Å². The van der Waals surface area contributed by atoms with E-state index < -0.39 is 0 Å². The van der Waals surface area contributed by atoms with Crippen LogP contribution in [0, 0.1) is 5.41 Å². The molecule has 1 saturated carbocycles. The Morgan fingerprint density at radius 2 is 1.77 bits per heavy atom. The van der Waals surface area contributed by atoms with Gasteiger partial charge in [-0.1, -0.05) is 36.8 Å². The Morgan fingerprint density at radius 3 is 2.39 bits per heavy atom. The van der Waals surface area contributed by atoms with Gasteiger partial charge in [0.2, 0.25) is 0 Å². The van der Waals surface area contributed by atoms with Crippen molar-refractivity contribution in [1.29, 1.82) is 0 Å². The molecule has 7 heteroatoms. The highest BCUT2D eigenvalue weighted by atomic mass is 127. The van der Waals surface area contributed by atoms with Crippen molar-refractivity contribution in [2.75, 3.05) is 66.1 Å². The summed E-state index contributed by atoms with van der Waals surface area (Å²) in [6.45, 7) is 12.4. The molecule has 1 aliphatic heterocycles. The molecule has 1 aliphatic carbocycles. The Balaban J connectivity index is 0.00000341. The molecule has 0 amide bonds. The van der Waals surface area contributed by atoms with Gasteiger partial charge in [-0.3, -0.25) is 14.8 Å². The van der Waals surface area contributed by atoms with Gasteiger partial charge in [0.05, 0.1) is 0 Å². The summed E-state index contributed by atoms with van der Waals surface area (Å²) < 4.78 is 5.31. The van der Waals surface area contributed by atoms with Crippen molar-refractivity contribution < 1.29 is 4.74 Å². The first-order valence-electron chi connectivity index (χ1n) is 11.7. The molecule has 176 valence electrons. The number of nitrogens with zero attached hydrogens (tertiary/aromatic N) is 3. The second-order valence-electron chi connectivity index (χ2n) is 8.82. The molecule has 0 radical (unpaired) electrons. The quantitative estimate of drug-likeness (QED) is 0.255. The summed E-state index contributed by atoms with van der Waals surface area (Å²) in [4.78, 5) is 10.0. The van der Waals surface area contributed by atoms with Gasteiger partial charge in [0.15, 0.2) is 5.96 Å². The molecule has 1 aromatic carbocycles. The van der Waals surface area contributed by atoms with Gasteiger partial charge in [-0.2, -0.15) is 0 Å². The van der Waals surface area contributed by atoms with Crippen molar-refractivity contribution in [1.82, 2.24) is 20.4 Å². The number of piperazine rings is 1. The van der Waals surface area contributed by atoms with Crippen LogP contribution in [0.15, 0.2) is 35.3 Å². The highest BCUT2D eigenvalue weighted by Crippen LogP contribution is 2.44. The predicted molar refractivity (Wildman–Crippen MR) is 140 cm³/mol.